The van der Waals surface area contributed by atoms with Gasteiger partial charge in [0.05, 0.1) is 12.0 Å². The van der Waals surface area contributed by atoms with Crippen LogP contribution in [-0.2, 0) is 14.3 Å². The van der Waals surface area contributed by atoms with E-state index >= 15 is 0 Å². The molecule has 1 N–H and O–H groups in total. The Morgan fingerprint density at radius 2 is 1.94 bits per heavy atom. The maximum Gasteiger partial charge on any atom is 0.311 e. The zero-order valence-electron chi connectivity index (χ0n) is 11.1. The summed E-state index contributed by atoms with van der Waals surface area (Å²) in [7, 11) is 0. The third-order valence-corrected chi connectivity index (χ3v) is 3.30. The number of hydrogen-bond donors (Lipinski definition) is 1. The molecular weight excluding hydrogens is 218 g/mol. The summed E-state index contributed by atoms with van der Waals surface area (Å²) >= 11 is 0. The van der Waals surface area contributed by atoms with E-state index in [1.54, 1.807) is 0 Å². The van der Waals surface area contributed by atoms with Crippen molar-refractivity contribution in [2.45, 2.75) is 39.5 Å². The van der Waals surface area contributed by atoms with Crippen molar-refractivity contribution in [3.8, 4) is 0 Å². The van der Waals surface area contributed by atoms with Crippen molar-refractivity contribution in [1.82, 2.24) is 5.32 Å². The second-order valence-corrected chi connectivity index (χ2v) is 4.91. The maximum absolute atomic E-state index is 11.9. The molecular formula is C13H25NO3. The second-order valence-electron chi connectivity index (χ2n) is 4.91. The van der Waals surface area contributed by atoms with Crippen LogP contribution in [0, 0.1) is 5.41 Å². The highest BCUT2D eigenvalue weighted by molar-refractivity contribution is 5.76. The number of nitrogens with one attached hydrogen (secondary N) is 1. The first-order valence-electron chi connectivity index (χ1n) is 6.65. The smallest absolute Gasteiger partial charge is 0.311 e. The average molecular weight is 243 g/mol. The lowest BCUT2D eigenvalue weighted by molar-refractivity contribution is -0.158. The molecule has 1 heterocycles. The highest BCUT2D eigenvalue weighted by Crippen LogP contribution is 2.29. The molecule has 4 nitrogen and oxygen atoms in total. The van der Waals surface area contributed by atoms with E-state index in [4.69, 9.17) is 9.47 Å². The van der Waals surface area contributed by atoms with Crippen LogP contribution in [0.15, 0.2) is 0 Å². The molecule has 4 heteroatoms. The summed E-state index contributed by atoms with van der Waals surface area (Å²) in [6.07, 6.45) is 3.92. The molecule has 0 amide bonds. The highest BCUT2D eigenvalue weighted by Gasteiger charge is 2.35. The van der Waals surface area contributed by atoms with Crippen molar-refractivity contribution < 1.29 is 14.3 Å². The maximum atomic E-state index is 11.9. The Morgan fingerprint density at radius 3 is 2.59 bits per heavy atom. The Balaban J connectivity index is 2.11. The van der Waals surface area contributed by atoms with E-state index < -0.39 is 0 Å². The summed E-state index contributed by atoms with van der Waals surface area (Å²) in [5.41, 5.74) is -0.297. The fraction of sp³-hybridized carbons (Fsp3) is 0.923. The van der Waals surface area contributed by atoms with Gasteiger partial charge in [-0.2, -0.15) is 0 Å². The highest BCUT2D eigenvalue weighted by atomic mass is 16.6. The number of ether oxygens (including phenoxy) is 2. The number of carbonyl (C=O) groups excluding carboxylic acids is 1. The molecule has 1 aliphatic rings. The van der Waals surface area contributed by atoms with E-state index in [-0.39, 0.29) is 11.4 Å². The number of hydrogen-bond acceptors (Lipinski definition) is 4. The molecule has 0 atom stereocenters. The molecule has 1 fully saturated rings. The summed E-state index contributed by atoms with van der Waals surface area (Å²) in [6, 6.07) is 0. The quantitative estimate of drug-likeness (QED) is 0.546. The lowest BCUT2D eigenvalue weighted by Crippen LogP contribution is -2.41. The summed E-state index contributed by atoms with van der Waals surface area (Å²) in [5, 5.41) is 3.25. The van der Waals surface area contributed by atoms with E-state index in [1.807, 2.05) is 6.92 Å². The first-order valence-corrected chi connectivity index (χ1v) is 6.65. The van der Waals surface area contributed by atoms with Gasteiger partial charge >= 0.3 is 5.97 Å². The normalized spacial score (nSPS) is 18.9. The minimum Gasteiger partial charge on any atom is -0.463 e. The number of carbonyl (C=O) groups is 1. The fourth-order valence-electron chi connectivity index (χ4n) is 1.90. The van der Waals surface area contributed by atoms with Crippen molar-refractivity contribution in [2.75, 3.05) is 32.9 Å². The van der Waals surface area contributed by atoms with Gasteiger partial charge < -0.3 is 14.8 Å². The largest absolute Gasteiger partial charge is 0.463 e. The zero-order chi connectivity index (χ0) is 12.6. The SMILES string of the molecule is CCCCOCCOC(=O)C1(C)CCNCC1. The molecule has 1 rings (SSSR count). The van der Waals surface area contributed by atoms with E-state index in [1.165, 1.54) is 0 Å². The Kier molecular flexibility index (Phi) is 6.52. The van der Waals surface area contributed by atoms with Gasteiger partial charge in [-0.05, 0) is 39.3 Å². The molecule has 1 aliphatic heterocycles. The zero-order valence-corrected chi connectivity index (χ0v) is 11.1. The Labute approximate surface area is 104 Å². The minimum atomic E-state index is -0.297. The van der Waals surface area contributed by atoms with Gasteiger partial charge in [-0.25, -0.2) is 0 Å². The van der Waals surface area contributed by atoms with Crippen LogP contribution in [0.1, 0.15) is 39.5 Å². The number of piperidine rings is 1. The average Bonchev–Trinajstić information content (AvgIpc) is 2.34. The van der Waals surface area contributed by atoms with Crippen LogP contribution < -0.4 is 5.32 Å². The molecule has 0 unspecified atom stereocenters. The van der Waals surface area contributed by atoms with Crippen molar-refractivity contribution in [3.63, 3.8) is 0 Å². The molecule has 0 aromatic heterocycles. The molecule has 1 saturated heterocycles. The van der Waals surface area contributed by atoms with Crippen molar-refractivity contribution in [3.05, 3.63) is 0 Å². The molecule has 0 saturated carbocycles. The van der Waals surface area contributed by atoms with E-state index in [2.05, 4.69) is 12.2 Å². The van der Waals surface area contributed by atoms with Crippen molar-refractivity contribution in [2.24, 2.45) is 5.41 Å². The van der Waals surface area contributed by atoms with E-state index in [0.29, 0.717) is 13.2 Å². The lowest BCUT2D eigenvalue weighted by atomic mass is 9.81. The van der Waals surface area contributed by atoms with Crippen molar-refractivity contribution >= 4 is 5.97 Å². The molecule has 100 valence electrons. The van der Waals surface area contributed by atoms with Crippen LogP contribution in [0.25, 0.3) is 0 Å². The van der Waals surface area contributed by atoms with Crippen LogP contribution in [-0.4, -0.2) is 38.9 Å². The van der Waals surface area contributed by atoms with Crippen LogP contribution in [0.4, 0.5) is 0 Å². The molecule has 0 aromatic rings. The summed E-state index contributed by atoms with van der Waals surface area (Å²) in [6.45, 7) is 7.58. The Hall–Kier alpha value is -0.610. The molecule has 0 radical (unpaired) electrons. The first-order chi connectivity index (χ1) is 8.19. The van der Waals surface area contributed by atoms with Crippen LogP contribution in [0.3, 0.4) is 0 Å². The van der Waals surface area contributed by atoms with Gasteiger partial charge in [0.25, 0.3) is 0 Å². The minimum absolute atomic E-state index is 0.0712. The van der Waals surface area contributed by atoms with Gasteiger partial charge in [-0.15, -0.1) is 0 Å². The standard InChI is InChI=1S/C13H25NO3/c1-3-4-9-16-10-11-17-12(15)13(2)5-7-14-8-6-13/h14H,3-11H2,1-2H3. The predicted octanol–water partition coefficient (Wildman–Crippen LogP) is 1.74. The van der Waals surface area contributed by atoms with Gasteiger partial charge in [0.15, 0.2) is 0 Å². The topological polar surface area (TPSA) is 47.6 Å². The molecule has 0 aromatic carbocycles. The molecule has 0 aliphatic carbocycles. The summed E-state index contributed by atoms with van der Waals surface area (Å²) in [5.74, 6) is -0.0712. The van der Waals surface area contributed by atoms with Gasteiger partial charge in [-0.1, -0.05) is 13.3 Å². The van der Waals surface area contributed by atoms with E-state index in [0.717, 1.165) is 45.4 Å². The van der Waals surface area contributed by atoms with Crippen LogP contribution in [0.2, 0.25) is 0 Å². The van der Waals surface area contributed by atoms with Crippen LogP contribution in [0.5, 0.6) is 0 Å². The van der Waals surface area contributed by atoms with Gasteiger partial charge in [-0.3, -0.25) is 4.79 Å². The number of rotatable bonds is 7. The third kappa shape index (κ3) is 5.04. The molecule has 0 bridgehead atoms. The Morgan fingerprint density at radius 1 is 1.24 bits per heavy atom. The monoisotopic (exact) mass is 243 g/mol. The lowest BCUT2D eigenvalue weighted by Gasteiger charge is -2.31. The predicted molar refractivity (Wildman–Crippen MR) is 66.9 cm³/mol. The molecule has 0 spiro atoms. The fourth-order valence-corrected chi connectivity index (χ4v) is 1.90. The summed E-state index contributed by atoms with van der Waals surface area (Å²) in [4.78, 5) is 11.9. The summed E-state index contributed by atoms with van der Waals surface area (Å²) < 4.78 is 10.6. The second kappa shape index (κ2) is 7.67. The third-order valence-electron chi connectivity index (χ3n) is 3.30. The van der Waals surface area contributed by atoms with Crippen molar-refractivity contribution in [1.29, 1.82) is 0 Å². The van der Waals surface area contributed by atoms with Gasteiger partial charge in [0.1, 0.15) is 6.61 Å². The Bertz CT molecular complexity index is 225. The first kappa shape index (κ1) is 14.5. The number of unbranched alkanes of at least 4 members (excludes halogenated alkanes) is 1. The van der Waals surface area contributed by atoms with Gasteiger partial charge in [0, 0.05) is 6.61 Å². The van der Waals surface area contributed by atoms with Crippen LogP contribution >= 0.6 is 0 Å². The number of esters is 1. The van der Waals surface area contributed by atoms with E-state index in [9.17, 15) is 4.79 Å². The molecule has 17 heavy (non-hydrogen) atoms. The van der Waals surface area contributed by atoms with Gasteiger partial charge in [0.2, 0.25) is 0 Å².